The third-order valence-corrected chi connectivity index (χ3v) is 4.93. The number of rotatable bonds is 5. The molecule has 2 aliphatic rings. The molecule has 5 heteroatoms. The van der Waals surface area contributed by atoms with E-state index >= 15 is 0 Å². The fourth-order valence-electron chi connectivity index (χ4n) is 3.75. The SMILES string of the molecule is c1cncc(CN2CC[C@@H]3O[C@@H](COc4cccnc4)CC[C@@H]32)c1. The Morgan fingerprint density at radius 2 is 1.96 bits per heavy atom. The van der Waals surface area contributed by atoms with Gasteiger partial charge in [0, 0.05) is 37.7 Å². The quantitative estimate of drug-likeness (QED) is 0.846. The molecule has 0 saturated carbocycles. The Hall–Kier alpha value is -1.98. The predicted molar refractivity (Wildman–Crippen MR) is 90.7 cm³/mol. The molecule has 0 bridgehead atoms. The van der Waals surface area contributed by atoms with Crippen molar-refractivity contribution in [3.8, 4) is 5.75 Å². The van der Waals surface area contributed by atoms with Gasteiger partial charge in [0.05, 0.1) is 18.4 Å². The summed E-state index contributed by atoms with van der Waals surface area (Å²) in [7, 11) is 0. The third-order valence-electron chi connectivity index (χ3n) is 4.93. The molecule has 0 radical (unpaired) electrons. The van der Waals surface area contributed by atoms with Crippen molar-refractivity contribution in [3.63, 3.8) is 0 Å². The van der Waals surface area contributed by atoms with Gasteiger partial charge < -0.3 is 9.47 Å². The molecule has 0 aromatic carbocycles. The van der Waals surface area contributed by atoms with Gasteiger partial charge in [0.2, 0.25) is 0 Å². The summed E-state index contributed by atoms with van der Waals surface area (Å²) < 4.78 is 12.1. The van der Waals surface area contributed by atoms with Gasteiger partial charge in [-0.1, -0.05) is 6.07 Å². The van der Waals surface area contributed by atoms with Crippen LogP contribution in [0.25, 0.3) is 0 Å². The van der Waals surface area contributed by atoms with Crippen LogP contribution in [0.1, 0.15) is 24.8 Å². The van der Waals surface area contributed by atoms with E-state index in [1.165, 1.54) is 12.0 Å². The second-order valence-corrected chi connectivity index (χ2v) is 6.56. The van der Waals surface area contributed by atoms with Crippen molar-refractivity contribution in [1.29, 1.82) is 0 Å². The van der Waals surface area contributed by atoms with Crippen molar-refractivity contribution in [2.45, 2.75) is 44.1 Å². The second-order valence-electron chi connectivity index (χ2n) is 6.56. The molecule has 0 unspecified atom stereocenters. The summed E-state index contributed by atoms with van der Waals surface area (Å²) in [5.74, 6) is 0.813. The van der Waals surface area contributed by atoms with Gasteiger partial charge >= 0.3 is 0 Å². The summed E-state index contributed by atoms with van der Waals surface area (Å²) in [6.07, 6.45) is 11.1. The van der Waals surface area contributed by atoms with Crippen molar-refractivity contribution in [2.75, 3.05) is 13.2 Å². The molecule has 5 nitrogen and oxygen atoms in total. The summed E-state index contributed by atoms with van der Waals surface area (Å²) >= 11 is 0. The topological polar surface area (TPSA) is 47.5 Å². The molecule has 0 spiro atoms. The first-order valence-corrected chi connectivity index (χ1v) is 8.70. The molecule has 3 atom stereocenters. The van der Waals surface area contributed by atoms with Crippen LogP contribution in [0, 0.1) is 0 Å². The summed E-state index contributed by atoms with van der Waals surface area (Å²) in [5, 5.41) is 0. The van der Waals surface area contributed by atoms with Crippen LogP contribution in [-0.4, -0.2) is 46.3 Å². The maximum absolute atomic E-state index is 6.30. The molecule has 0 N–H and O–H groups in total. The minimum atomic E-state index is 0.185. The van der Waals surface area contributed by atoms with Gasteiger partial charge in [-0.15, -0.1) is 0 Å². The zero-order chi connectivity index (χ0) is 16.2. The number of likely N-dealkylation sites (tertiary alicyclic amines) is 1. The van der Waals surface area contributed by atoms with Crippen LogP contribution in [0.5, 0.6) is 5.75 Å². The van der Waals surface area contributed by atoms with Crippen molar-refractivity contribution >= 4 is 0 Å². The van der Waals surface area contributed by atoms with E-state index < -0.39 is 0 Å². The lowest BCUT2D eigenvalue weighted by Crippen LogP contribution is -2.43. The normalized spacial score (nSPS) is 26.9. The van der Waals surface area contributed by atoms with Crippen LogP contribution in [0.2, 0.25) is 0 Å². The van der Waals surface area contributed by atoms with E-state index in [1.807, 2.05) is 30.6 Å². The molecule has 0 aliphatic carbocycles. The Morgan fingerprint density at radius 1 is 1.08 bits per heavy atom. The lowest BCUT2D eigenvalue weighted by atomic mass is 9.99. The molecule has 2 saturated heterocycles. The van der Waals surface area contributed by atoms with E-state index in [9.17, 15) is 0 Å². The molecule has 4 rings (SSSR count). The monoisotopic (exact) mass is 325 g/mol. The van der Waals surface area contributed by atoms with E-state index in [0.717, 1.165) is 31.7 Å². The van der Waals surface area contributed by atoms with Crippen molar-refractivity contribution < 1.29 is 9.47 Å². The van der Waals surface area contributed by atoms with Crippen molar-refractivity contribution in [2.24, 2.45) is 0 Å². The highest BCUT2D eigenvalue weighted by molar-refractivity contribution is 5.15. The van der Waals surface area contributed by atoms with E-state index in [2.05, 4.69) is 20.9 Å². The largest absolute Gasteiger partial charge is 0.489 e. The first kappa shape index (κ1) is 15.5. The first-order chi connectivity index (χ1) is 11.9. The number of pyridine rings is 2. The Kier molecular flexibility index (Phi) is 4.71. The summed E-state index contributed by atoms with van der Waals surface area (Å²) in [6.45, 7) is 2.67. The molecule has 0 amide bonds. The molecular formula is C19H23N3O2. The number of hydrogen-bond donors (Lipinski definition) is 0. The Balaban J connectivity index is 1.29. The van der Waals surface area contributed by atoms with Crippen LogP contribution in [0.4, 0.5) is 0 Å². The molecule has 24 heavy (non-hydrogen) atoms. The van der Waals surface area contributed by atoms with Gasteiger partial charge in [0.1, 0.15) is 12.4 Å². The number of hydrogen-bond acceptors (Lipinski definition) is 5. The Bertz CT molecular complexity index is 638. The molecule has 126 valence electrons. The van der Waals surface area contributed by atoms with Crippen LogP contribution in [0.15, 0.2) is 49.1 Å². The predicted octanol–water partition coefficient (Wildman–Crippen LogP) is 2.68. The molecule has 2 aliphatic heterocycles. The van der Waals surface area contributed by atoms with Gasteiger partial charge in [0.15, 0.2) is 0 Å². The van der Waals surface area contributed by atoms with Gasteiger partial charge in [0.25, 0.3) is 0 Å². The smallest absolute Gasteiger partial charge is 0.137 e. The number of nitrogens with zero attached hydrogens (tertiary/aromatic N) is 3. The van der Waals surface area contributed by atoms with Crippen molar-refractivity contribution in [1.82, 2.24) is 14.9 Å². The highest BCUT2D eigenvalue weighted by Gasteiger charge is 2.39. The molecular weight excluding hydrogens is 302 g/mol. The maximum atomic E-state index is 6.30. The molecule has 2 aromatic heterocycles. The molecule has 2 aromatic rings. The van der Waals surface area contributed by atoms with Crippen LogP contribution in [0.3, 0.4) is 0 Å². The van der Waals surface area contributed by atoms with Crippen LogP contribution < -0.4 is 4.74 Å². The lowest BCUT2D eigenvalue weighted by Gasteiger charge is -2.36. The summed E-state index contributed by atoms with van der Waals surface area (Å²) in [5.41, 5.74) is 1.28. The Morgan fingerprint density at radius 3 is 2.75 bits per heavy atom. The highest BCUT2D eigenvalue weighted by atomic mass is 16.5. The minimum Gasteiger partial charge on any atom is -0.489 e. The standard InChI is InChI=1S/C19H23N3O2/c1-3-15(11-20-8-1)13-22-10-7-19-18(22)6-5-17(24-19)14-23-16-4-2-9-21-12-16/h1-4,8-9,11-12,17-19H,5-7,10,13-14H2/t17-,18+,19+/m1/s1. The second kappa shape index (κ2) is 7.28. The summed E-state index contributed by atoms with van der Waals surface area (Å²) in [6, 6.07) is 8.50. The van der Waals surface area contributed by atoms with E-state index in [0.29, 0.717) is 18.8 Å². The van der Waals surface area contributed by atoms with E-state index in [-0.39, 0.29) is 6.10 Å². The minimum absolute atomic E-state index is 0.185. The number of ether oxygens (including phenoxy) is 2. The zero-order valence-corrected chi connectivity index (χ0v) is 13.8. The maximum Gasteiger partial charge on any atom is 0.137 e. The van der Waals surface area contributed by atoms with E-state index in [1.54, 1.807) is 12.4 Å². The van der Waals surface area contributed by atoms with Crippen LogP contribution >= 0.6 is 0 Å². The van der Waals surface area contributed by atoms with E-state index in [4.69, 9.17) is 9.47 Å². The van der Waals surface area contributed by atoms with Gasteiger partial charge in [-0.3, -0.25) is 14.9 Å². The first-order valence-electron chi connectivity index (χ1n) is 8.70. The highest BCUT2D eigenvalue weighted by Crippen LogP contribution is 2.32. The average molecular weight is 325 g/mol. The van der Waals surface area contributed by atoms with Gasteiger partial charge in [-0.2, -0.15) is 0 Å². The Labute approximate surface area is 142 Å². The third kappa shape index (κ3) is 3.57. The molecule has 4 heterocycles. The fraction of sp³-hybridized carbons (Fsp3) is 0.474. The zero-order valence-electron chi connectivity index (χ0n) is 13.8. The number of aromatic nitrogens is 2. The van der Waals surface area contributed by atoms with Crippen molar-refractivity contribution in [3.05, 3.63) is 54.6 Å². The fourth-order valence-corrected chi connectivity index (χ4v) is 3.75. The van der Waals surface area contributed by atoms with Gasteiger partial charge in [-0.25, -0.2) is 0 Å². The number of fused-ring (bicyclic) bond motifs is 1. The lowest BCUT2D eigenvalue weighted by molar-refractivity contribution is -0.0841. The van der Waals surface area contributed by atoms with Crippen LogP contribution in [-0.2, 0) is 11.3 Å². The summed E-state index contributed by atoms with van der Waals surface area (Å²) in [4.78, 5) is 10.8. The average Bonchev–Trinajstić information content (AvgIpc) is 3.04. The molecule has 2 fully saturated rings. The van der Waals surface area contributed by atoms with Gasteiger partial charge in [-0.05, 0) is 43.0 Å².